The lowest BCUT2D eigenvalue weighted by atomic mass is 10.0. The SMILES string of the molecule is Cc1cc(C)cc(C(=O)N/C(=C(/NC(=O)c2cc(C)cc(C)c2)c2ccncc2)c2ccncc2)c1. The van der Waals surface area contributed by atoms with Gasteiger partial charge in [-0.3, -0.25) is 19.6 Å². The Morgan fingerprint density at radius 1 is 0.500 bits per heavy atom. The molecule has 4 aromatic rings. The maximum Gasteiger partial charge on any atom is 0.255 e. The van der Waals surface area contributed by atoms with Crippen LogP contribution in [0.3, 0.4) is 0 Å². The average Bonchev–Trinajstić information content (AvgIpc) is 2.85. The molecule has 0 saturated heterocycles. The second-order valence-corrected chi connectivity index (χ2v) is 8.88. The Morgan fingerprint density at radius 2 is 0.806 bits per heavy atom. The summed E-state index contributed by atoms with van der Waals surface area (Å²) in [6, 6.07) is 18.6. The average molecular weight is 477 g/mol. The normalized spacial score (nSPS) is 11.4. The van der Waals surface area contributed by atoms with Gasteiger partial charge in [0.15, 0.2) is 0 Å². The van der Waals surface area contributed by atoms with Gasteiger partial charge in [0.25, 0.3) is 11.8 Å². The maximum atomic E-state index is 13.4. The van der Waals surface area contributed by atoms with Crippen molar-refractivity contribution in [1.29, 1.82) is 0 Å². The smallest absolute Gasteiger partial charge is 0.255 e. The van der Waals surface area contributed by atoms with Gasteiger partial charge in [0.05, 0.1) is 11.4 Å². The van der Waals surface area contributed by atoms with Crippen LogP contribution in [0.15, 0.2) is 85.5 Å². The number of pyridine rings is 2. The summed E-state index contributed by atoms with van der Waals surface area (Å²) in [5.41, 5.74) is 7.38. The van der Waals surface area contributed by atoms with Gasteiger partial charge < -0.3 is 10.6 Å². The van der Waals surface area contributed by atoms with Crippen molar-refractivity contribution in [2.75, 3.05) is 0 Å². The standard InChI is InChI=1S/C30H28N4O2/c1-19-13-20(2)16-25(15-19)29(35)33-27(23-5-9-31-10-6-23)28(24-7-11-32-12-8-24)34-30(36)26-17-21(3)14-22(4)18-26/h5-18H,1-4H3,(H,33,35)(H,34,36)/b28-27+. The molecule has 2 N–H and O–H groups in total. The third kappa shape index (κ3) is 5.91. The molecule has 180 valence electrons. The zero-order valence-corrected chi connectivity index (χ0v) is 20.8. The van der Waals surface area contributed by atoms with Crippen molar-refractivity contribution in [2.45, 2.75) is 27.7 Å². The van der Waals surface area contributed by atoms with E-state index in [2.05, 4.69) is 20.6 Å². The molecular weight excluding hydrogens is 448 g/mol. The summed E-state index contributed by atoms with van der Waals surface area (Å²) in [6.45, 7) is 7.82. The van der Waals surface area contributed by atoms with Crippen molar-refractivity contribution in [1.82, 2.24) is 20.6 Å². The molecule has 2 aromatic heterocycles. The van der Waals surface area contributed by atoms with Crippen molar-refractivity contribution in [2.24, 2.45) is 0 Å². The number of aryl methyl sites for hydroxylation is 4. The first-order chi connectivity index (χ1) is 17.3. The van der Waals surface area contributed by atoms with Crippen molar-refractivity contribution >= 4 is 23.2 Å². The Morgan fingerprint density at radius 3 is 1.11 bits per heavy atom. The first-order valence-electron chi connectivity index (χ1n) is 11.6. The summed E-state index contributed by atoms with van der Waals surface area (Å²) in [4.78, 5) is 35.1. The third-order valence-electron chi connectivity index (χ3n) is 5.63. The van der Waals surface area contributed by atoms with Gasteiger partial charge in [-0.15, -0.1) is 0 Å². The van der Waals surface area contributed by atoms with Crippen LogP contribution in [0.1, 0.15) is 54.1 Å². The number of nitrogens with zero attached hydrogens (tertiary/aromatic N) is 2. The second kappa shape index (κ2) is 10.8. The van der Waals surface area contributed by atoms with E-state index in [1.807, 2.05) is 64.1 Å². The molecule has 0 aliphatic heterocycles. The van der Waals surface area contributed by atoms with Crippen LogP contribution in [0.5, 0.6) is 0 Å². The van der Waals surface area contributed by atoms with Gasteiger partial charge in [0.1, 0.15) is 0 Å². The highest BCUT2D eigenvalue weighted by atomic mass is 16.2. The van der Waals surface area contributed by atoms with Gasteiger partial charge >= 0.3 is 0 Å². The summed E-state index contributed by atoms with van der Waals surface area (Å²) in [5.74, 6) is -0.554. The van der Waals surface area contributed by atoms with E-state index in [9.17, 15) is 9.59 Å². The van der Waals surface area contributed by atoms with Gasteiger partial charge in [-0.05, 0) is 76.2 Å². The lowest BCUT2D eigenvalue weighted by Gasteiger charge is -2.19. The lowest BCUT2D eigenvalue weighted by molar-refractivity contribution is 0.0961. The minimum absolute atomic E-state index is 0.277. The molecule has 0 saturated carbocycles. The summed E-state index contributed by atoms with van der Waals surface area (Å²) in [5, 5.41) is 6.12. The molecule has 6 heteroatoms. The number of benzene rings is 2. The molecule has 6 nitrogen and oxygen atoms in total. The van der Waals surface area contributed by atoms with E-state index >= 15 is 0 Å². The summed E-state index contributed by atoms with van der Waals surface area (Å²) in [6.07, 6.45) is 6.59. The first kappa shape index (κ1) is 24.5. The van der Waals surface area contributed by atoms with Crippen LogP contribution in [0.25, 0.3) is 11.4 Å². The van der Waals surface area contributed by atoms with Gasteiger partial charge in [-0.1, -0.05) is 34.4 Å². The van der Waals surface area contributed by atoms with Gasteiger partial charge in [-0.25, -0.2) is 0 Å². The van der Waals surface area contributed by atoms with Crippen LogP contribution >= 0.6 is 0 Å². The molecule has 36 heavy (non-hydrogen) atoms. The highest BCUT2D eigenvalue weighted by Crippen LogP contribution is 2.24. The quantitative estimate of drug-likeness (QED) is 0.390. The van der Waals surface area contributed by atoms with E-state index in [1.165, 1.54) is 0 Å². The van der Waals surface area contributed by atoms with Crippen LogP contribution in [-0.4, -0.2) is 21.8 Å². The maximum absolute atomic E-state index is 13.4. The number of amides is 2. The predicted octanol–water partition coefficient (Wildman–Crippen LogP) is 5.40. The zero-order chi connectivity index (χ0) is 25.7. The highest BCUT2D eigenvalue weighted by molar-refractivity contribution is 6.08. The number of hydrogen-bond donors (Lipinski definition) is 2. The van der Waals surface area contributed by atoms with Crippen LogP contribution in [0.4, 0.5) is 0 Å². The molecule has 0 spiro atoms. The molecule has 0 fully saturated rings. The van der Waals surface area contributed by atoms with E-state index in [-0.39, 0.29) is 11.8 Å². The topological polar surface area (TPSA) is 84.0 Å². The molecule has 0 unspecified atom stereocenters. The number of hydrogen-bond acceptors (Lipinski definition) is 4. The fourth-order valence-electron chi connectivity index (χ4n) is 4.18. The Balaban J connectivity index is 1.85. The van der Waals surface area contributed by atoms with Crippen molar-refractivity contribution < 1.29 is 9.59 Å². The zero-order valence-electron chi connectivity index (χ0n) is 20.8. The fraction of sp³-hybridized carbons (Fsp3) is 0.133. The molecule has 0 aliphatic carbocycles. The van der Waals surface area contributed by atoms with Crippen LogP contribution < -0.4 is 10.6 Å². The molecule has 4 rings (SSSR count). The Labute approximate surface area is 211 Å². The van der Waals surface area contributed by atoms with E-state index in [4.69, 9.17) is 0 Å². The van der Waals surface area contributed by atoms with Gasteiger partial charge in [0.2, 0.25) is 0 Å². The first-order valence-corrected chi connectivity index (χ1v) is 11.6. The molecule has 0 atom stereocenters. The molecule has 0 bridgehead atoms. The van der Waals surface area contributed by atoms with Crippen LogP contribution in [-0.2, 0) is 0 Å². The van der Waals surface area contributed by atoms with Crippen LogP contribution in [0, 0.1) is 27.7 Å². The minimum Gasteiger partial charge on any atom is -0.320 e. The monoisotopic (exact) mass is 476 g/mol. The minimum atomic E-state index is -0.277. The lowest BCUT2D eigenvalue weighted by Crippen LogP contribution is -2.29. The molecule has 0 aliphatic rings. The molecule has 0 radical (unpaired) electrons. The summed E-state index contributed by atoms with van der Waals surface area (Å²) in [7, 11) is 0. The van der Waals surface area contributed by atoms with Crippen LogP contribution in [0.2, 0.25) is 0 Å². The molecule has 2 heterocycles. The van der Waals surface area contributed by atoms with Gasteiger partial charge in [0, 0.05) is 47.0 Å². The number of aromatic nitrogens is 2. The fourth-order valence-corrected chi connectivity index (χ4v) is 4.18. The molecule has 2 aromatic carbocycles. The van der Waals surface area contributed by atoms with E-state index in [1.54, 1.807) is 49.1 Å². The van der Waals surface area contributed by atoms with Crippen molar-refractivity contribution in [3.63, 3.8) is 0 Å². The van der Waals surface area contributed by atoms with E-state index < -0.39 is 0 Å². The highest BCUT2D eigenvalue weighted by Gasteiger charge is 2.19. The van der Waals surface area contributed by atoms with E-state index in [0.29, 0.717) is 33.6 Å². The van der Waals surface area contributed by atoms with Gasteiger partial charge in [-0.2, -0.15) is 0 Å². The number of rotatable bonds is 6. The number of carbonyl (C=O) groups excluding carboxylic acids is 2. The second-order valence-electron chi connectivity index (χ2n) is 8.88. The van der Waals surface area contributed by atoms with Crippen molar-refractivity contribution in [3.8, 4) is 0 Å². The van der Waals surface area contributed by atoms with E-state index in [0.717, 1.165) is 22.3 Å². The molecular formula is C30H28N4O2. The Hall–Kier alpha value is -4.58. The van der Waals surface area contributed by atoms with Crippen molar-refractivity contribution in [3.05, 3.63) is 130 Å². The summed E-state index contributed by atoms with van der Waals surface area (Å²) >= 11 is 0. The predicted molar refractivity (Wildman–Crippen MR) is 142 cm³/mol. The number of carbonyl (C=O) groups is 2. The Kier molecular flexibility index (Phi) is 7.35. The number of nitrogens with one attached hydrogen (secondary N) is 2. The largest absolute Gasteiger partial charge is 0.320 e. The molecule has 2 amide bonds. The summed E-state index contributed by atoms with van der Waals surface area (Å²) < 4.78 is 0. The third-order valence-corrected chi connectivity index (χ3v) is 5.63. The Bertz CT molecular complexity index is 1290.